The number of benzene rings is 1. The Kier molecular flexibility index (Phi) is 3.98. The Bertz CT molecular complexity index is 446. The van der Waals surface area contributed by atoms with Crippen LogP contribution in [-0.2, 0) is 9.53 Å². The van der Waals surface area contributed by atoms with Crippen LogP contribution in [0.25, 0.3) is 0 Å². The fraction of sp³-hybridized carbons (Fsp3) is 0.417. The molecule has 0 aliphatic carbocycles. The van der Waals surface area contributed by atoms with Crippen LogP contribution in [0.3, 0.4) is 0 Å². The zero-order valence-corrected chi connectivity index (χ0v) is 13.0. The van der Waals surface area contributed by atoms with Gasteiger partial charge in [-0.15, -0.1) is 0 Å². The monoisotopic (exact) mass is 380 g/mol. The Labute approximate surface area is 122 Å². The molecule has 0 N–H and O–H groups in total. The van der Waals surface area contributed by atoms with Crippen LogP contribution in [0.1, 0.15) is 17.3 Å². The lowest BCUT2D eigenvalue weighted by atomic mass is 10.00. The first kappa shape index (κ1) is 13.5. The van der Waals surface area contributed by atoms with E-state index in [9.17, 15) is 4.79 Å². The SMILES string of the molecule is C[C@]1(C(=O)[C@@H](Br)[C@@H](Br)c2cccc(Cl)c2)CO1. The fourth-order valence-electron chi connectivity index (χ4n) is 1.52. The van der Waals surface area contributed by atoms with E-state index in [1.165, 1.54) is 0 Å². The third kappa shape index (κ3) is 2.92. The molecule has 0 amide bonds. The summed E-state index contributed by atoms with van der Waals surface area (Å²) < 4.78 is 5.16. The predicted molar refractivity (Wildman–Crippen MR) is 75.2 cm³/mol. The zero-order valence-electron chi connectivity index (χ0n) is 9.12. The molecule has 1 fully saturated rings. The van der Waals surface area contributed by atoms with Gasteiger partial charge in [0.2, 0.25) is 0 Å². The van der Waals surface area contributed by atoms with Crippen LogP contribution in [0.5, 0.6) is 0 Å². The molecule has 3 atom stereocenters. The molecule has 2 rings (SSSR count). The number of ether oxygens (including phenoxy) is 1. The molecular weight excluding hydrogens is 371 g/mol. The number of ketones is 1. The van der Waals surface area contributed by atoms with Crippen molar-refractivity contribution in [3.8, 4) is 0 Å². The number of epoxide rings is 1. The van der Waals surface area contributed by atoms with Crippen LogP contribution < -0.4 is 0 Å². The van der Waals surface area contributed by atoms with Gasteiger partial charge in [0.25, 0.3) is 0 Å². The minimum absolute atomic E-state index is 0.0550. The number of carbonyl (C=O) groups excluding carboxylic acids is 1. The molecule has 1 saturated heterocycles. The zero-order chi connectivity index (χ0) is 12.6. The third-order valence-electron chi connectivity index (χ3n) is 2.77. The van der Waals surface area contributed by atoms with Gasteiger partial charge in [-0.3, -0.25) is 4.79 Å². The van der Waals surface area contributed by atoms with Crippen LogP contribution in [-0.4, -0.2) is 22.8 Å². The highest BCUT2D eigenvalue weighted by atomic mass is 79.9. The first-order chi connectivity index (χ1) is 7.94. The quantitative estimate of drug-likeness (QED) is 0.584. The number of rotatable bonds is 4. The number of hydrogen-bond donors (Lipinski definition) is 0. The number of carbonyl (C=O) groups is 1. The molecule has 0 radical (unpaired) electrons. The average Bonchev–Trinajstić information content (AvgIpc) is 3.06. The van der Waals surface area contributed by atoms with Crippen molar-refractivity contribution in [2.24, 2.45) is 0 Å². The Morgan fingerprint density at radius 3 is 2.71 bits per heavy atom. The average molecular weight is 382 g/mol. The van der Waals surface area contributed by atoms with E-state index < -0.39 is 5.60 Å². The van der Waals surface area contributed by atoms with Crippen LogP contribution in [0, 0.1) is 0 Å². The molecule has 0 unspecified atom stereocenters. The minimum atomic E-state index is -0.612. The van der Waals surface area contributed by atoms with Gasteiger partial charge < -0.3 is 4.74 Å². The molecule has 1 aromatic carbocycles. The van der Waals surface area contributed by atoms with E-state index in [1.54, 1.807) is 13.0 Å². The van der Waals surface area contributed by atoms with E-state index in [1.807, 2.05) is 18.2 Å². The smallest absolute Gasteiger partial charge is 0.181 e. The molecular formula is C12H11Br2ClO2. The molecule has 1 aliphatic rings. The summed E-state index contributed by atoms with van der Waals surface area (Å²) in [5.74, 6) is 0.0550. The maximum absolute atomic E-state index is 12.1. The largest absolute Gasteiger partial charge is 0.362 e. The molecule has 0 aromatic heterocycles. The van der Waals surface area contributed by atoms with Crippen molar-refractivity contribution in [3.63, 3.8) is 0 Å². The topological polar surface area (TPSA) is 29.6 Å². The molecule has 5 heteroatoms. The number of halogens is 3. The first-order valence-corrected chi connectivity index (χ1v) is 7.37. The summed E-state index contributed by atoms with van der Waals surface area (Å²) in [5.41, 5.74) is 0.357. The van der Waals surface area contributed by atoms with Gasteiger partial charge in [-0.2, -0.15) is 0 Å². The van der Waals surface area contributed by atoms with Crippen LogP contribution >= 0.6 is 43.5 Å². The maximum atomic E-state index is 12.1. The third-order valence-corrected chi connectivity index (χ3v) is 5.72. The van der Waals surface area contributed by atoms with E-state index in [0.717, 1.165) is 5.56 Å². The van der Waals surface area contributed by atoms with E-state index >= 15 is 0 Å². The molecule has 0 bridgehead atoms. The molecule has 1 heterocycles. The van der Waals surface area contributed by atoms with Crippen LogP contribution in [0.15, 0.2) is 24.3 Å². The van der Waals surface area contributed by atoms with Gasteiger partial charge >= 0.3 is 0 Å². The summed E-state index contributed by atoms with van der Waals surface area (Å²) in [5, 5.41) is 0.660. The van der Waals surface area contributed by atoms with E-state index in [-0.39, 0.29) is 15.4 Å². The highest BCUT2D eigenvalue weighted by molar-refractivity contribution is 9.12. The van der Waals surface area contributed by atoms with Crippen molar-refractivity contribution in [2.45, 2.75) is 22.2 Å². The Hall–Kier alpha value is 0.1000. The highest BCUT2D eigenvalue weighted by Gasteiger charge is 2.50. The van der Waals surface area contributed by atoms with Gasteiger partial charge in [0.05, 0.1) is 16.3 Å². The van der Waals surface area contributed by atoms with Crippen molar-refractivity contribution in [2.75, 3.05) is 6.61 Å². The fourth-order valence-corrected chi connectivity index (χ4v) is 3.04. The van der Waals surface area contributed by atoms with Crippen molar-refractivity contribution in [1.82, 2.24) is 0 Å². The number of alkyl halides is 2. The number of Topliss-reactive ketones (excluding diaryl/α,β-unsaturated/α-hetero) is 1. The second-order valence-electron chi connectivity index (χ2n) is 4.24. The Morgan fingerprint density at radius 1 is 1.53 bits per heavy atom. The van der Waals surface area contributed by atoms with Gasteiger partial charge in [0.1, 0.15) is 5.60 Å². The van der Waals surface area contributed by atoms with E-state index in [4.69, 9.17) is 16.3 Å². The Morgan fingerprint density at radius 2 is 2.18 bits per heavy atom. The lowest BCUT2D eigenvalue weighted by Crippen LogP contribution is -2.31. The molecule has 17 heavy (non-hydrogen) atoms. The summed E-state index contributed by atoms with van der Waals surface area (Å²) in [7, 11) is 0. The molecule has 0 saturated carbocycles. The molecule has 1 aliphatic heterocycles. The lowest BCUT2D eigenvalue weighted by Gasteiger charge is -2.18. The summed E-state index contributed by atoms with van der Waals surface area (Å²) in [4.78, 5) is 11.7. The van der Waals surface area contributed by atoms with Gasteiger partial charge in [0.15, 0.2) is 5.78 Å². The van der Waals surface area contributed by atoms with Gasteiger partial charge in [-0.05, 0) is 24.6 Å². The Balaban J connectivity index is 2.14. The van der Waals surface area contributed by atoms with Gasteiger partial charge in [-0.25, -0.2) is 0 Å². The van der Waals surface area contributed by atoms with Crippen molar-refractivity contribution >= 4 is 49.2 Å². The highest BCUT2D eigenvalue weighted by Crippen LogP contribution is 2.39. The predicted octanol–water partition coefficient (Wildman–Crippen LogP) is 3.90. The molecule has 2 nitrogen and oxygen atoms in total. The first-order valence-electron chi connectivity index (χ1n) is 5.16. The second-order valence-corrected chi connectivity index (χ2v) is 6.65. The van der Waals surface area contributed by atoms with Gasteiger partial charge in [-0.1, -0.05) is 55.6 Å². The van der Waals surface area contributed by atoms with Crippen LogP contribution in [0.2, 0.25) is 5.02 Å². The normalized spacial score (nSPS) is 26.4. The summed E-state index contributed by atoms with van der Waals surface area (Å²) >= 11 is 12.9. The minimum Gasteiger partial charge on any atom is -0.362 e. The summed E-state index contributed by atoms with van der Waals surface area (Å²) in [6, 6.07) is 7.45. The van der Waals surface area contributed by atoms with Crippen molar-refractivity contribution in [1.29, 1.82) is 0 Å². The van der Waals surface area contributed by atoms with Crippen molar-refractivity contribution < 1.29 is 9.53 Å². The van der Waals surface area contributed by atoms with E-state index in [0.29, 0.717) is 11.6 Å². The molecule has 92 valence electrons. The lowest BCUT2D eigenvalue weighted by molar-refractivity contribution is -0.122. The maximum Gasteiger partial charge on any atom is 0.181 e. The van der Waals surface area contributed by atoms with Crippen LogP contribution in [0.4, 0.5) is 0 Å². The van der Waals surface area contributed by atoms with E-state index in [2.05, 4.69) is 31.9 Å². The molecule has 1 aromatic rings. The standard InChI is InChI=1S/C12H11Br2ClO2/c1-12(6-17-12)11(16)10(14)9(13)7-3-2-4-8(15)5-7/h2-5,9-10H,6H2,1H3/t9-,10-,12+/m0/s1. The number of hydrogen-bond acceptors (Lipinski definition) is 2. The summed E-state index contributed by atoms with van der Waals surface area (Å²) in [6.45, 7) is 2.31. The van der Waals surface area contributed by atoms with Crippen molar-refractivity contribution in [3.05, 3.63) is 34.9 Å². The van der Waals surface area contributed by atoms with Gasteiger partial charge in [0, 0.05) is 5.02 Å². The molecule has 0 spiro atoms. The summed E-state index contributed by atoms with van der Waals surface area (Å²) in [6.07, 6.45) is 0. The second kappa shape index (κ2) is 5.00.